The number of carbonyl (C=O) groups excluding carboxylic acids is 1. The molecule has 1 aliphatic heterocycles. The predicted octanol–water partition coefficient (Wildman–Crippen LogP) is 2.61. The Balaban J connectivity index is 1.45. The average Bonchev–Trinajstić information content (AvgIpc) is 3.14. The van der Waals surface area contributed by atoms with E-state index >= 15 is 0 Å². The largest absolute Gasteiger partial charge is 0.378 e. The molecule has 0 spiro atoms. The van der Waals surface area contributed by atoms with Gasteiger partial charge in [-0.1, -0.05) is 17.3 Å². The first kappa shape index (κ1) is 17.9. The van der Waals surface area contributed by atoms with Crippen LogP contribution in [-0.2, 0) is 4.74 Å². The third-order valence-corrected chi connectivity index (χ3v) is 4.27. The number of morpholine rings is 1. The highest BCUT2D eigenvalue weighted by Gasteiger charge is 2.15. The van der Waals surface area contributed by atoms with Gasteiger partial charge in [0.2, 0.25) is 0 Å². The smallest absolute Gasteiger partial charge is 0.277 e. The Hall–Kier alpha value is -3.46. The van der Waals surface area contributed by atoms with Gasteiger partial charge in [-0.25, -0.2) is 9.97 Å². The fourth-order valence-corrected chi connectivity index (χ4v) is 2.91. The van der Waals surface area contributed by atoms with Gasteiger partial charge in [0.15, 0.2) is 5.82 Å². The number of hydrogen-bond acceptors (Lipinski definition) is 8. The third kappa shape index (κ3) is 4.09. The lowest BCUT2D eigenvalue weighted by molar-refractivity contribution is 0.102. The monoisotopic (exact) mass is 380 g/mol. The first-order valence-electron chi connectivity index (χ1n) is 8.94. The second-order valence-corrected chi connectivity index (χ2v) is 6.31. The molecule has 3 aromatic rings. The summed E-state index contributed by atoms with van der Waals surface area (Å²) in [7, 11) is 0. The van der Waals surface area contributed by atoms with Crippen LogP contribution >= 0.6 is 0 Å². The standard InChI is InChI=1S/C19H20N6O3/c1-13-10-17(24-28-13)23-19(26)15-11-21-18(12-20-15)22-14-4-2-3-5-16(14)25-6-8-27-9-7-25/h2-5,10-12H,6-9H2,1H3,(H,21,22)(H,23,24,26). The van der Waals surface area contributed by atoms with Crippen LogP contribution in [0.5, 0.6) is 0 Å². The molecule has 1 fully saturated rings. The van der Waals surface area contributed by atoms with Crippen molar-refractivity contribution in [3.63, 3.8) is 0 Å². The van der Waals surface area contributed by atoms with Crippen LogP contribution in [-0.4, -0.2) is 47.3 Å². The lowest BCUT2D eigenvalue weighted by Crippen LogP contribution is -2.36. The summed E-state index contributed by atoms with van der Waals surface area (Å²) in [6.07, 6.45) is 2.95. The van der Waals surface area contributed by atoms with Crippen LogP contribution in [0.1, 0.15) is 16.2 Å². The fourth-order valence-electron chi connectivity index (χ4n) is 2.91. The molecule has 9 nitrogen and oxygen atoms in total. The molecule has 0 saturated carbocycles. The van der Waals surface area contributed by atoms with Crippen LogP contribution in [0.15, 0.2) is 47.2 Å². The zero-order chi connectivity index (χ0) is 19.3. The number of ether oxygens (including phenoxy) is 1. The van der Waals surface area contributed by atoms with E-state index < -0.39 is 5.91 Å². The second kappa shape index (κ2) is 8.05. The van der Waals surface area contributed by atoms with E-state index in [9.17, 15) is 4.79 Å². The fraction of sp³-hybridized carbons (Fsp3) is 0.263. The van der Waals surface area contributed by atoms with E-state index in [4.69, 9.17) is 9.26 Å². The topological polar surface area (TPSA) is 105 Å². The lowest BCUT2D eigenvalue weighted by atomic mass is 10.2. The predicted molar refractivity (Wildman–Crippen MR) is 104 cm³/mol. The zero-order valence-corrected chi connectivity index (χ0v) is 15.4. The Kier molecular flexibility index (Phi) is 5.16. The van der Waals surface area contributed by atoms with E-state index in [0.717, 1.165) is 24.5 Å². The summed E-state index contributed by atoms with van der Waals surface area (Å²) in [6.45, 7) is 4.85. The minimum absolute atomic E-state index is 0.188. The number of benzene rings is 1. The van der Waals surface area contributed by atoms with Crippen molar-refractivity contribution >= 4 is 28.9 Å². The number of rotatable bonds is 5. The van der Waals surface area contributed by atoms with Crippen molar-refractivity contribution in [2.24, 2.45) is 0 Å². The Morgan fingerprint density at radius 1 is 1.11 bits per heavy atom. The Bertz CT molecular complexity index is 950. The summed E-state index contributed by atoms with van der Waals surface area (Å²) < 4.78 is 10.4. The van der Waals surface area contributed by atoms with Crippen LogP contribution < -0.4 is 15.5 Å². The molecule has 2 N–H and O–H groups in total. The molecule has 1 saturated heterocycles. The van der Waals surface area contributed by atoms with E-state index in [1.807, 2.05) is 18.2 Å². The van der Waals surface area contributed by atoms with Gasteiger partial charge in [0, 0.05) is 19.2 Å². The molecule has 4 rings (SSSR count). The molecular formula is C19H20N6O3. The number of aryl methyl sites for hydroxylation is 1. The molecule has 0 atom stereocenters. The first-order chi connectivity index (χ1) is 13.7. The summed E-state index contributed by atoms with van der Waals surface area (Å²) in [6, 6.07) is 9.63. The molecular weight excluding hydrogens is 360 g/mol. The van der Waals surface area contributed by atoms with Gasteiger partial charge in [-0.3, -0.25) is 4.79 Å². The molecule has 28 heavy (non-hydrogen) atoms. The average molecular weight is 380 g/mol. The molecule has 1 aromatic carbocycles. The van der Waals surface area contributed by atoms with Crippen molar-refractivity contribution in [2.75, 3.05) is 41.8 Å². The number of hydrogen-bond donors (Lipinski definition) is 2. The van der Waals surface area contributed by atoms with Crippen molar-refractivity contribution in [3.8, 4) is 0 Å². The summed E-state index contributed by atoms with van der Waals surface area (Å²) in [4.78, 5) is 23.0. The van der Waals surface area contributed by atoms with Gasteiger partial charge in [0.25, 0.3) is 5.91 Å². The van der Waals surface area contributed by atoms with Gasteiger partial charge >= 0.3 is 0 Å². The van der Waals surface area contributed by atoms with Gasteiger partial charge in [0.1, 0.15) is 17.3 Å². The molecule has 144 valence electrons. The maximum absolute atomic E-state index is 12.2. The minimum atomic E-state index is -0.402. The Morgan fingerprint density at radius 3 is 2.64 bits per heavy atom. The number of anilines is 4. The summed E-state index contributed by atoms with van der Waals surface area (Å²) in [5.41, 5.74) is 2.19. The number of nitrogens with one attached hydrogen (secondary N) is 2. The van der Waals surface area contributed by atoms with Crippen LogP contribution in [0.4, 0.5) is 23.0 Å². The summed E-state index contributed by atoms with van der Waals surface area (Å²) in [5, 5.41) is 9.62. The van der Waals surface area contributed by atoms with Crippen molar-refractivity contribution in [2.45, 2.75) is 6.92 Å². The van der Waals surface area contributed by atoms with E-state index in [1.54, 1.807) is 13.0 Å². The molecule has 0 bridgehead atoms. The third-order valence-electron chi connectivity index (χ3n) is 4.27. The van der Waals surface area contributed by atoms with Gasteiger partial charge < -0.3 is 24.8 Å². The highest BCUT2D eigenvalue weighted by atomic mass is 16.5. The number of aromatic nitrogens is 3. The second-order valence-electron chi connectivity index (χ2n) is 6.31. The van der Waals surface area contributed by atoms with Crippen LogP contribution in [0.3, 0.4) is 0 Å². The molecule has 2 aromatic heterocycles. The Morgan fingerprint density at radius 2 is 1.93 bits per heavy atom. The molecule has 3 heterocycles. The van der Waals surface area contributed by atoms with Crippen molar-refractivity contribution in [1.82, 2.24) is 15.1 Å². The zero-order valence-electron chi connectivity index (χ0n) is 15.4. The van der Waals surface area contributed by atoms with Gasteiger partial charge in [0.05, 0.1) is 37.0 Å². The number of nitrogens with zero attached hydrogens (tertiary/aromatic N) is 4. The summed E-state index contributed by atoms with van der Waals surface area (Å²) in [5.74, 6) is 1.10. The first-order valence-corrected chi connectivity index (χ1v) is 8.94. The van der Waals surface area contributed by atoms with Crippen LogP contribution in [0.2, 0.25) is 0 Å². The summed E-state index contributed by atoms with van der Waals surface area (Å²) >= 11 is 0. The van der Waals surface area contributed by atoms with Gasteiger partial charge in [-0.2, -0.15) is 0 Å². The molecule has 9 heteroatoms. The quantitative estimate of drug-likeness (QED) is 0.696. The van der Waals surface area contributed by atoms with Crippen LogP contribution in [0, 0.1) is 6.92 Å². The maximum Gasteiger partial charge on any atom is 0.277 e. The molecule has 1 aliphatic rings. The SMILES string of the molecule is Cc1cc(NC(=O)c2cnc(Nc3ccccc3N3CCOCC3)cn2)no1. The van der Waals surface area contributed by atoms with E-state index in [-0.39, 0.29) is 5.69 Å². The number of amides is 1. The normalized spacial score (nSPS) is 14.0. The number of para-hydroxylation sites is 2. The van der Waals surface area contributed by atoms with E-state index in [1.165, 1.54) is 12.4 Å². The lowest BCUT2D eigenvalue weighted by Gasteiger charge is -2.30. The van der Waals surface area contributed by atoms with Gasteiger partial charge in [-0.15, -0.1) is 0 Å². The maximum atomic E-state index is 12.2. The van der Waals surface area contributed by atoms with Gasteiger partial charge in [-0.05, 0) is 19.1 Å². The van der Waals surface area contributed by atoms with Crippen molar-refractivity contribution in [1.29, 1.82) is 0 Å². The molecule has 0 unspecified atom stereocenters. The molecule has 0 radical (unpaired) electrons. The highest BCUT2D eigenvalue weighted by molar-refractivity contribution is 6.02. The van der Waals surface area contributed by atoms with Crippen molar-refractivity contribution < 1.29 is 14.1 Å². The highest BCUT2D eigenvalue weighted by Crippen LogP contribution is 2.28. The van der Waals surface area contributed by atoms with E-state index in [0.29, 0.717) is 30.6 Å². The minimum Gasteiger partial charge on any atom is -0.378 e. The molecule has 0 aliphatic carbocycles. The van der Waals surface area contributed by atoms with E-state index in [2.05, 4.69) is 36.7 Å². The van der Waals surface area contributed by atoms with Crippen molar-refractivity contribution in [3.05, 3.63) is 54.2 Å². The molecule has 1 amide bonds. The van der Waals surface area contributed by atoms with Crippen LogP contribution in [0.25, 0.3) is 0 Å². The number of carbonyl (C=O) groups is 1. The Labute approximate surface area is 161 Å².